The number of carboxylic acids is 1. The first kappa shape index (κ1) is 18.3. The van der Waals surface area contributed by atoms with Gasteiger partial charge in [0.15, 0.2) is 5.82 Å². The molecule has 0 saturated carbocycles. The van der Waals surface area contributed by atoms with Crippen molar-refractivity contribution >= 4 is 33.9 Å². The lowest BCUT2D eigenvalue weighted by Gasteiger charge is -2.09. The Hall–Kier alpha value is -3.54. The number of fused-ring (bicyclic) bond motifs is 1. The number of rotatable bonds is 4. The van der Waals surface area contributed by atoms with Crippen LogP contribution >= 0.6 is 0 Å². The standard InChI is InChI=1S/C21H15F2NO3/c1-12(14-7-6-13-4-2-3-5-15(13)9-14)8-19(25)24-20-17(21(26)27)10-16(22)11-18(20)23/h2-11H,1H3,(H,24,25)(H,26,27)/b12-8-. The number of hydrogen-bond donors (Lipinski definition) is 2. The zero-order valence-corrected chi connectivity index (χ0v) is 14.3. The molecule has 0 radical (unpaired) electrons. The van der Waals surface area contributed by atoms with Crippen molar-refractivity contribution in [2.45, 2.75) is 6.92 Å². The van der Waals surface area contributed by atoms with Gasteiger partial charge in [-0.1, -0.05) is 36.4 Å². The van der Waals surface area contributed by atoms with Crippen LogP contribution in [0.4, 0.5) is 14.5 Å². The van der Waals surface area contributed by atoms with Gasteiger partial charge in [0.2, 0.25) is 5.91 Å². The number of amides is 1. The molecule has 3 aromatic rings. The molecule has 0 saturated heterocycles. The third-order valence-corrected chi connectivity index (χ3v) is 4.09. The maximum Gasteiger partial charge on any atom is 0.338 e. The lowest BCUT2D eigenvalue weighted by molar-refractivity contribution is -0.111. The molecule has 0 atom stereocenters. The zero-order valence-electron chi connectivity index (χ0n) is 14.3. The van der Waals surface area contributed by atoms with Crippen LogP contribution in [0.25, 0.3) is 16.3 Å². The second-order valence-corrected chi connectivity index (χ2v) is 5.99. The van der Waals surface area contributed by atoms with E-state index in [1.807, 2.05) is 42.5 Å². The van der Waals surface area contributed by atoms with Crippen LogP contribution in [-0.2, 0) is 4.79 Å². The van der Waals surface area contributed by atoms with Crippen molar-refractivity contribution in [1.82, 2.24) is 0 Å². The van der Waals surface area contributed by atoms with Gasteiger partial charge in [-0.3, -0.25) is 4.79 Å². The smallest absolute Gasteiger partial charge is 0.338 e. The number of carbonyl (C=O) groups excluding carboxylic acids is 1. The minimum Gasteiger partial charge on any atom is -0.478 e. The minimum atomic E-state index is -1.54. The van der Waals surface area contributed by atoms with Crippen molar-refractivity contribution in [3.05, 3.63) is 83.4 Å². The van der Waals surface area contributed by atoms with Crippen LogP contribution in [0.15, 0.2) is 60.7 Å². The van der Waals surface area contributed by atoms with E-state index in [-0.39, 0.29) is 0 Å². The Kier molecular flexibility index (Phi) is 4.98. The Bertz CT molecular complexity index is 1090. The predicted octanol–water partition coefficient (Wildman–Crippen LogP) is 4.86. The fourth-order valence-electron chi connectivity index (χ4n) is 2.74. The largest absolute Gasteiger partial charge is 0.478 e. The topological polar surface area (TPSA) is 66.4 Å². The number of carboxylic acid groups (broad SMARTS) is 1. The number of nitrogens with one attached hydrogen (secondary N) is 1. The van der Waals surface area contributed by atoms with Crippen LogP contribution in [0.2, 0.25) is 0 Å². The molecule has 3 rings (SSSR count). The second-order valence-electron chi connectivity index (χ2n) is 5.99. The van der Waals surface area contributed by atoms with Crippen molar-refractivity contribution in [3.8, 4) is 0 Å². The van der Waals surface area contributed by atoms with E-state index in [1.165, 1.54) is 6.08 Å². The van der Waals surface area contributed by atoms with Gasteiger partial charge >= 0.3 is 5.97 Å². The van der Waals surface area contributed by atoms with Gasteiger partial charge in [0.1, 0.15) is 5.82 Å². The molecule has 0 aliphatic carbocycles. The van der Waals surface area contributed by atoms with E-state index in [0.717, 1.165) is 16.3 Å². The number of allylic oxidation sites excluding steroid dienone is 1. The van der Waals surface area contributed by atoms with Gasteiger partial charge in [-0.05, 0) is 41.0 Å². The van der Waals surface area contributed by atoms with Crippen molar-refractivity contribution in [1.29, 1.82) is 0 Å². The van der Waals surface area contributed by atoms with E-state index in [2.05, 4.69) is 5.32 Å². The molecule has 136 valence electrons. The summed E-state index contributed by atoms with van der Waals surface area (Å²) in [5.41, 5.74) is 0.175. The fraction of sp³-hybridized carbons (Fsp3) is 0.0476. The molecule has 0 bridgehead atoms. The molecule has 4 nitrogen and oxygen atoms in total. The average molecular weight is 367 g/mol. The summed E-state index contributed by atoms with van der Waals surface area (Å²) in [6.07, 6.45) is 1.23. The third-order valence-electron chi connectivity index (χ3n) is 4.09. The number of carbonyl (C=O) groups is 2. The molecule has 0 aliphatic heterocycles. The summed E-state index contributed by atoms with van der Waals surface area (Å²) in [5, 5.41) is 13.3. The van der Waals surface area contributed by atoms with E-state index in [4.69, 9.17) is 5.11 Å². The number of hydrogen-bond acceptors (Lipinski definition) is 2. The highest BCUT2D eigenvalue weighted by molar-refractivity contribution is 6.07. The van der Waals surface area contributed by atoms with Crippen LogP contribution in [0, 0.1) is 11.6 Å². The van der Waals surface area contributed by atoms with Crippen LogP contribution in [0.5, 0.6) is 0 Å². The lowest BCUT2D eigenvalue weighted by atomic mass is 10.0. The monoisotopic (exact) mass is 367 g/mol. The highest BCUT2D eigenvalue weighted by atomic mass is 19.1. The molecule has 1 amide bonds. The summed E-state index contributed by atoms with van der Waals surface area (Å²) >= 11 is 0. The lowest BCUT2D eigenvalue weighted by Crippen LogP contribution is -2.14. The van der Waals surface area contributed by atoms with Gasteiger partial charge in [0, 0.05) is 12.1 Å². The summed E-state index contributed by atoms with van der Waals surface area (Å²) in [4.78, 5) is 23.4. The normalized spacial score (nSPS) is 11.4. The quantitative estimate of drug-likeness (QED) is 0.647. The fourth-order valence-corrected chi connectivity index (χ4v) is 2.74. The van der Waals surface area contributed by atoms with Gasteiger partial charge in [-0.25, -0.2) is 13.6 Å². The van der Waals surface area contributed by atoms with Crippen molar-refractivity contribution in [2.75, 3.05) is 5.32 Å². The van der Waals surface area contributed by atoms with E-state index in [0.29, 0.717) is 17.7 Å². The molecule has 3 aromatic carbocycles. The number of aromatic carboxylic acids is 1. The Morgan fingerprint density at radius 3 is 2.41 bits per heavy atom. The first-order valence-corrected chi connectivity index (χ1v) is 8.06. The van der Waals surface area contributed by atoms with Gasteiger partial charge in [0.25, 0.3) is 0 Å². The summed E-state index contributed by atoms with van der Waals surface area (Å²) in [7, 11) is 0. The number of benzene rings is 3. The SMILES string of the molecule is C/C(=C/C(=O)Nc1c(F)cc(F)cc1C(=O)O)c1ccc2ccccc2c1. The van der Waals surface area contributed by atoms with Gasteiger partial charge in [0.05, 0.1) is 11.3 Å². The Morgan fingerprint density at radius 2 is 1.70 bits per heavy atom. The molecule has 0 spiro atoms. The molecule has 27 heavy (non-hydrogen) atoms. The van der Waals surface area contributed by atoms with Crippen LogP contribution < -0.4 is 5.32 Å². The highest BCUT2D eigenvalue weighted by Gasteiger charge is 2.18. The molecule has 0 heterocycles. The molecule has 0 fully saturated rings. The minimum absolute atomic E-state index is 0.516. The third kappa shape index (κ3) is 4.00. The Morgan fingerprint density at radius 1 is 1.00 bits per heavy atom. The maximum absolute atomic E-state index is 13.9. The highest BCUT2D eigenvalue weighted by Crippen LogP contribution is 2.24. The predicted molar refractivity (Wildman–Crippen MR) is 99.5 cm³/mol. The van der Waals surface area contributed by atoms with E-state index < -0.39 is 34.8 Å². The van der Waals surface area contributed by atoms with Crippen LogP contribution in [-0.4, -0.2) is 17.0 Å². The summed E-state index contributed by atoms with van der Waals surface area (Å²) in [6.45, 7) is 1.71. The summed E-state index contributed by atoms with van der Waals surface area (Å²) in [6, 6.07) is 14.6. The van der Waals surface area contributed by atoms with Crippen LogP contribution in [0.1, 0.15) is 22.8 Å². The molecular formula is C21H15F2NO3. The molecule has 0 aliphatic rings. The molecule has 0 aromatic heterocycles. The van der Waals surface area contributed by atoms with E-state index in [1.54, 1.807) is 6.92 Å². The number of anilines is 1. The first-order valence-electron chi connectivity index (χ1n) is 8.06. The van der Waals surface area contributed by atoms with Crippen molar-refractivity contribution < 1.29 is 23.5 Å². The van der Waals surface area contributed by atoms with Gasteiger partial charge in [-0.15, -0.1) is 0 Å². The summed E-state index contributed by atoms with van der Waals surface area (Å²) < 4.78 is 27.2. The molecule has 2 N–H and O–H groups in total. The summed E-state index contributed by atoms with van der Waals surface area (Å²) in [5.74, 6) is -4.45. The molecular weight excluding hydrogens is 352 g/mol. The second kappa shape index (κ2) is 7.37. The number of halogens is 2. The van der Waals surface area contributed by atoms with Crippen LogP contribution in [0.3, 0.4) is 0 Å². The Balaban J connectivity index is 1.89. The first-order chi connectivity index (χ1) is 12.8. The van der Waals surface area contributed by atoms with Gasteiger partial charge in [-0.2, -0.15) is 0 Å². The van der Waals surface area contributed by atoms with E-state index >= 15 is 0 Å². The molecule has 0 unspecified atom stereocenters. The maximum atomic E-state index is 13.9. The van der Waals surface area contributed by atoms with Gasteiger partial charge < -0.3 is 10.4 Å². The van der Waals surface area contributed by atoms with Crippen molar-refractivity contribution in [2.24, 2.45) is 0 Å². The van der Waals surface area contributed by atoms with E-state index in [9.17, 15) is 18.4 Å². The molecule has 6 heteroatoms. The Labute approximate surface area is 153 Å². The zero-order chi connectivity index (χ0) is 19.6. The average Bonchev–Trinajstić information content (AvgIpc) is 2.63. The van der Waals surface area contributed by atoms with Crippen molar-refractivity contribution in [3.63, 3.8) is 0 Å².